The van der Waals surface area contributed by atoms with E-state index in [1.54, 1.807) is 0 Å². The molecule has 1 N–H and O–H groups in total. The molecule has 0 saturated heterocycles. The predicted molar refractivity (Wildman–Crippen MR) is 96.6 cm³/mol. The molecular weight excluding hydrogens is 296 g/mol. The van der Waals surface area contributed by atoms with Crippen LogP contribution in [0.15, 0.2) is 30.3 Å². The Labute approximate surface area is 145 Å². The van der Waals surface area contributed by atoms with Crippen molar-refractivity contribution in [3.63, 3.8) is 0 Å². The summed E-state index contributed by atoms with van der Waals surface area (Å²) in [5, 5.41) is 3.51. The van der Waals surface area contributed by atoms with Gasteiger partial charge in [-0.15, -0.1) is 0 Å². The summed E-state index contributed by atoms with van der Waals surface area (Å²) in [4.78, 5) is 15.1. The number of rotatable bonds is 4. The first-order valence-corrected chi connectivity index (χ1v) is 9.66. The summed E-state index contributed by atoms with van der Waals surface area (Å²) in [5.41, 5.74) is 1.29. The summed E-state index contributed by atoms with van der Waals surface area (Å²) < 4.78 is 0. The van der Waals surface area contributed by atoms with Gasteiger partial charge in [-0.2, -0.15) is 0 Å². The molecule has 0 atom stereocenters. The second-order valence-electron chi connectivity index (χ2n) is 8.84. The van der Waals surface area contributed by atoms with Crippen molar-refractivity contribution >= 4 is 6.03 Å². The van der Waals surface area contributed by atoms with Crippen LogP contribution in [0.4, 0.5) is 4.79 Å². The van der Waals surface area contributed by atoms with E-state index in [1.165, 1.54) is 44.1 Å². The molecule has 1 aromatic carbocycles. The van der Waals surface area contributed by atoms with Gasteiger partial charge >= 0.3 is 6.03 Å². The fourth-order valence-corrected chi connectivity index (χ4v) is 5.83. The lowest BCUT2D eigenvalue weighted by atomic mass is 9.53. The average molecular weight is 326 g/mol. The smallest absolute Gasteiger partial charge is 0.318 e. The molecule has 5 rings (SSSR count). The summed E-state index contributed by atoms with van der Waals surface area (Å²) in [6.45, 7) is 4.92. The van der Waals surface area contributed by atoms with Gasteiger partial charge in [0.2, 0.25) is 0 Å². The Balaban J connectivity index is 1.47. The monoisotopic (exact) mass is 326 g/mol. The van der Waals surface area contributed by atoms with E-state index in [0.717, 1.165) is 17.8 Å². The van der Waals surface area contributed by atoms with E-state index in [1.807, 2.05) is 23.1 Å². The predicted octanol–water partition coefficient (Wildman–Crippen LogP) is 4.58. The highest BCUT2D eigenvalue weighted by atomic mass is 16.2. The van der Waals surface area contributed by atoms with Gasteiger partial charge in [-0.05, 0) is 75.7 Å². The molecule has 4 saturated carbocycles. The van der Waals surface area contributed by atoms with Gasteiger partial charge in [-0.1, -0.05) is 30.3 Å². The van der Waals surface area contributed by atoms with E-state index < -0.39 is 0 Å². The summed E-state index contributed by atoms with van der Waals surface area (Å²) >= 11 is 0. The van der Waals surface area contributed by atoms with E-state index in [4.69, 9.17) is 0 Å². The Hall–Kier alpha value is -1.51. The first-order chi connectivity index (χ1) is 11.5. The van der Waals surface area contributed by atoms with Crippen molar-refractivity contribution in [2.24, 2.45) is 17.8 Å². The van der Waals surface area contributed by atoms with Crippen molar-refractivity contribution in [3.8, 4) is 0 Å². The van der Waals surface area contributed by atoms with Gasteiger partial charge in [-0.25, -0.2) is 4.79 Å². The average Bonchev–Trinajstić information content (AvgIpc) is 2.51. The van der Waals surface area contributed by atoms with Gasteiger partial charge < -0.3 is 10.2 Å². The van der Waals surface area contributed by atoms with Gasteiger partial charge in [0.05, 0.1) is 0 Å². The lowest BCUT2D eigenvalue weighted by Gasteiger charge is -2.57. The maximum Gasteiger partial charge on any atom is 0.318 e. The zero-order valence-corrected chi connectivity index (χ0v) is 15.0. The first-order valence-electron chi connectivity index (χ1n) is 9.66. The summed E-state index contributed by atoms with van der Waals surface area (Å²) in [5.74, 6) is 2.58. The van der Waals surface area contributed by atoms with Gasteiger partial charge in [0.1, 0.15) is 0 Å². The quantitative estimate of drug-likeness (QED) is 0.863. The lowest BCUT2D eigenvalue weighted by molar-refractivity contribution is -0.0163. The zero-order chi connectivity index (χ0) is 16.7. The minimum Gasteiger partial charge on any atom is -0.333 e. The molecule has 0 spiro atoms. The number of amides is 2. The van der Waals surface area contributed by atoms with E-state index in [0.29, 0.717) is 6.54 Å². The Kier molecular flexibility index (Phi) is 4.06. The Morgan fingerprint density at radius 1 is 1.08 bits per heavy atom. The zero-order valence-electron chi connectivity index (χ0n) is 15.0. The highest BCUT2D eigenvalue weighted by Gasteiger charge is 2.51. The molecule has 2 amide bonds. The Bertz CT molecular complexity index is 560. The van der Waals surface area contributed by atoms with Crippen LogP contribution < -0.4 is 5.32 Å². The molecule has 0 aliphatic heterocycles. The summed E-state index contributed by atoms with van der Waals surface area (Å²) in [7, 11) is 0. The van der Waals surface area contributed by atoms with Crippen LogP contribution in [-0.2, 0) is 6.54 Å². The van der Waals surface area contributed by atoms with Crippen LogP contribution in [0.2, 0.25) is 0 Å². The molecule has 3 heteroatoms. The highest BCUT2D eigenvalue weighted by molar-refractivity contribution is 5.75. The number of carbonyl (C=O) groups is 1. The molecule has 4 fully saturated rings. The summed E-state index contributed by atoms with van der Waals surface area (Å²) in [6.07, 6.45) is 7.86. The van der Waals surface area contributed by atoms with Crippen LogP contribution in [0.25, 0.3) is 0 Å². The normalized spacial score (nSPS) is 33.7. The van der Waals surface area contributed by atoms with Crippen LogP contribution in [-0.4, -0.2) is 22.5 Å². The van der Waals surface area contributed by atoms with Crippen LogP contribution in [0.1, 0.15) is 57.9 Å². The molecule has 130 valence electrons. The molecule has 4 bridgehead atoms. The second kappa shape index (κ2) is 6.09. The van der Waals surface area contributed by atoms with Gasteiger partial charge in [0.15, 0.2) is 0 Å². The van der Waals surface area contributed by atoms with Crippen molar-refractivity contribution in [3.05, 3.63) is 35.9 Å². The van der Waals surface area contributed by atoms with E-state index in [2.05, 4.69) is 31.3 Å². The number of hydrogen-bond donors (Lipinski definition) is 1. The SMILES string of the molecule is CC(C)N(Cc1ccccc1)C(=O)NC12CC3CC(CC(C3)C1)C2. The van der Waals surface area contributed by atoms with Gasteiger partial charge in [0, 0.05) is 18.1 Å². The molecule has 0 unspecified atom stereocenters. The molecule has 4 aliphatic rings. The third kappa shape index (κ3) is 3.05. The van der Waals surface area contributed by atoms with Gasteiger partial charge in [0.25, 0.3) is 0 Å². The van der Waals surface area contributed by atoms with Gasteiger partial charge in [-0.3, -0.25) is 0 Å². The topological polar surface area (TPSA) is 32.3 Å². The number of benzene rings is 1. The number of nitrogens with one attached hydrogen (secondary N) is 1. The minimum absolute atomic E-state index is 0.0929. The fourth-order valence-electron chi connectivity index (χ4n) is 5.83. The molecule has 4 aliphatic carbocycles. The van der Waals surface area contributed by atoms with Crippen LogP contribution in [0.3, 0.4) is 0 Å². The Morgan fingerprint density at radius 3 is 2.12 bits per heavy atom. The maximum absolute atomic E-state index is 13.1. The highest BCUT2D eigenvalue weighted by Crippen LogP contribution is 2.55. The van der Waals surface area contributed by atoms with E-state index in [-0.39, 0.29) is 17.6 Å². The Morgan fingerprint density at radius 2 is 1.62 bits per heavy atom. The number of hydrogen-bond acceptors (Lipinski definition) is 1. The number of urea groups is 1. The largest absolute Gasteiger partial charge is 0.333 e. The maximum atomic E-state index is 13.1. The third-order valence-corrected chi connectivity index (χ3v) is 6.49. The van der Waals surface area contributed by atoms with Crippen molar-refractivity contribution < 1.29 is 4.79 Å². The molecule has 3 nitrogen and oxygen atoms in total. The molecule has 1 aromatic rings. The van der Waals surface area contributed by atoms with Crippen LogP contribution >= 0.6 is 0 Å². The molecule has 0 heterocycles. The van der Waals surface area contributed by atoms with Crippen LogP contribution in [0.5, 0.6) is 0 Å². The molecule has 0 aromatic heterocycles. The van der Waals surface area contributed by atoms with Crippen molar-refractivity contribution in [1.29, 1.82) is 0 Å². The van der Waals surface area contributed by atoms with Crippen molar-refractivity contribution in [1.82, 2.24) is 10.2 Å². The first kappa shape index (κ1) is 16.0. The third-order valence-electron chi connectivity index (χ3n) is 6.49. The van der Waals surface area contributed by atoms with Crippen molar-refractivity contribution in [2.45, 2.75) is 70.5 Å². The number of nitrogens with zero attached hydrogens (tertiary/aromatic N) is 1. The van der Waals surface area contributed by atoms with Crippen molar-refractivity contribution in [2.75, 3.05) is 0 Å². The molecule has 24 heavy (non-hydrogen) atoms. The summed E-state index contributed by atoms with van der Waals surface area (Å²) in [6, 6.07) is 10.7. The molecule has 0 radical (unpaired) electrons. The fraction of sp³-hybridized carbons (Fsp3) is 0.667. The lowest BCUT2D eigenvalue weighted by Crippen LogP contribution is -2.62. The standard InChI is InChI=1S/C21H30N2O/c1-15(2)23(14-16-6-4-3-5-7-16)20(24)22-21-11-17-8-18(12-21)10-19(9-17)13-21/h3-7,15,17-19H,8-14H2,1-2H3,(H,22,24). The van der Waals surface area contributed by atoms with E-state index >= 15 is 0 Å². The molecular formula is C21H30N2O. The number of carbonyl (C=O) groups excluding carboxylic acids is 1. The second-order valence-corrected chi connectivity index (χ2v) is 8.84. The van der Waals surface area contributed by atoms with Crippen LogP contribution in [0, 0.1) is 17.8 Å². The van der Waals surface area contributed by atoms with E-state index in [9.17, 15) is 4.79 Å². The minimum atomic E-state index is 0.0929.